The van der Waals surface area contributed by atoms with Crippen LogP contribution in [0.5, 0.6) is 5.75 Å². The lowest BCUT2D eigenvalue weighted by Crippen LogP contribution is -2.34. The van der Waals surface area contributed by atoms with Gasteiger partial charge in [0.1, 0.15) is 12.4 Å². The first kappa shape index (κ1) is 20.1. The largest absolute Gasteiger partial charge is 0.491 e. The maximum atomic E-state index is 11.8. The molecule has 2 N–H and O–H groups in total. The Morgan fingerprint density at radius 2 is 2.19 bits per heavy atom. The molecule has 0 radical (unpaired) electrons. The van der Waals surface area contributed by atoms with Gasteiger partial charge in [-0.1, -0.05) is 6.07 Å². The van der Waals surface area contributed by atoms with Crippen LogP contribution in [0, 0.1) is 0 Å². The van der Waals surface area contributed by atoms with E-state index in [0.717, 1.165) is 19.4 Å². The molecule has 1 unspecified atom stereocenters. The Kier molecular flexibility index (Phi) is 8.30. The molecular formula is C18H24N2O5S. The molecule has 0 aliphatic carbocycles. The van der Waals surface area contributed by atoms with Crippen molar-refractivity contribution in [3.63, 3.8) is 0 Å². The van der Waals surface area contributed by atoms with Crippen LogP contribution in [0.15, 0.2) is 24.3 Å². The standard InChI is InChI=1S/C18H24N2O5S/c1-2-23-17(22)9-8-16(21)20-18(26)19-13-5-3-6-14(11-13)25-12-15-7-4-10-24-15/h3,5-6,11,15H,2,4,7-10,12H2,1H3,(H2,19,20,21,26). The van der Waals surface area contributed by atoms with Crippen LogP contribution in [0.1, 0.15) is 32.6 Å². The second-order valence-corrected chi connectivity index (χ2v) is 6.19. The number of rotatable bonds is 8. The molecule has 0 aromatic heterocycles. The van der Waals surface area contributed by atoms with Crippen molar-refractivity contribution in [2.45, 2.75) is 38.7 Å². The third-order valence-electron chi connectivity index (χ3n) is 3.67. The van der Waals surface area contributed by atoms with Crippen LogP contribution in [0.2, 0.25) is 0 Å². The summed E-state index contributed by atoms with van der Waals surface area (Å²) in [5, 5.41) is 5.62. The Bertz CT molecular complexity index is 632. The Morgan fingerprint density at radius 1 is 1.35 bits per heavy atom. The maximum absolute atomic E-state index is 11.8. The number of hydrogen-bond acceptors (Lipinski definition) is 6. The van der Waals surface area contributed by atoms with E-state index >= 15 is 0 Å². The van der Waals surface area contributed by atoms with Crippen molar-refractivity contribution in [1.29, 1.82) is 0 Å². The summed E-state index contributed by atoms with van der Waals surface area (Å²) in [6, 6.07) is 7.29. The monoisotopic (exact) mass is 380 g/mol. The molecule has 1 amide bonds. The van der Waals surface area contributed by atoms with Crippen molar-refractivity contribution in [3.05, 3.63) is 24.3 Å². The van der Waals surface area contributed by atoms with Crippen LogP contribution in [-0.2, 0) is 19.1 Å². The predicted molar refractivity (Wildman–Crippen MR) is 101 cm³/mol. The van der Waals surface area contributed by atoms with Gasteiger partial charge >= 0.3 is 5.97 Å². The highest BCUT2D eigenvalue weighted by Gasteiger charge is 2.16. The minimum Gasteiger partial charge on any atom is -0.491 e. The van der Waals surface area contributed by atoms with Gasteiger partial charge in [-0.05, 0) is 44.1 Å². The summed E-state index contributed by atoms with van der Waals surface area (Å²) in [5.74, 6) is -0.0547. The summed E-state index contributed by atoms with van der Waals surface area (Å²) in [4.78, 5) is 23.0. The van der Waals surface area contributed by atoms with Gasteiger partial charge in [0, 0.05) is 24.8 Å². The van der Waals surface area contributed by atoms with Crippen LogP contribution < -0.4 is 15.4 Å². The molecule has 1 saturated heterocycles. The highest BCUT2D eigenvalue weighted by atomic mass is 32.1. The van der Waals surface area contributed by atoms with Gasteiger partial charge in [-0.15, -0.1) is 0 Å². The van der Waals surface area contributed by atoms with E-state index in [1.54, 1.807) is 13.0 Å². The number of benzene rings is 1. The van der Waals surface area contributed by atoms with Gasteiger partial charge in [0.25, 0.3) is 0 Å². The zero-order valence-corrected chi connectivity index (χ0v) is 15.6. The predicted octanol–water partition coefficient (Wildman–Crippen LogP) is 2.40. The summed E-state index contributed by atoms with van der Waals surface area (Å²) in [7, 11) is 0. The zero-order chi connectivity index (χ0) is 18.8. The quantitative estimate of drug-likeness (QED) is 0.529. The minimum absolute atomic E-state index is 0.0190. The number of thiocarbonyl (C=S) groups is 1. The Balaban J connectivity index is 1.74. The van der Waals surface area contributed by atoms with Gasteiger partial charge in [0.05, 0.1) is 19.1 Å². The molecule has 1 aliphatic heterocycles. The van der Waals surface area contributed by atoms with Crippen molar-refractivity contribution < 1.29 is 23.8 Å². The van der Waals surface area contributed by atoms with Gasteiger partial charge in [-0.2, -0.15) is 0 Å². The van der Waals surface area contributed by atoms with E-state index in [1.165, 1.54) is 0 Å². The number of anilines is 1. The lowest BCUT2D eigenvalue weighted by molar-refractivity contribution is -0.144. The molecule has 1 aliphatic rings. The fourth-order valence-corrected chi connectivity index (χ4v) is 2.66. The molecule has 142 valence electrons. The average Bonchev–Trinajstić information content (AvgIpc) is 3.12. The molecule has 1 heterocycles. The zero-order valence-electron chi connectivity index (χ0n) is 14.8. The van der Waals surface area contributed by atoms with E-state index in [9.17, 15) is 9.59 Å². The molecule has 1 aromatic rings. The third kappa shape index (κ3) is 7.37. The summed E-state index contributed by atoms with van der Waals surface area (Å²) < 4.78 is 16.0. The first-order valence-corrected chi connectivity index (χ1v) is 9.08. The second kappa shape index (κ2) is 10.7. The summed E-state index contributed by atoms with van der Waals surface area (Å²) in [6.45, 7) is 3.32. The van der Waals surface area contributed by atoms with E-state index < -0.39 is 5.97 Å². The first-order chi connectivity index (χ1) is 12.6. The van der Waals surface area contributed by atoms with Crippen molar-refractivity contribution in [2.75, 3.05) is 25.1 Å². The van der Waals surface area contributed by atoms with Gasteiger partial charge in [0.15, 0.2) is 5.11 Å². The first-order valence-electron chi connectivity index (χ1n) is 8.67. The average molecular weight is 380 g/mol. The molecule has 7 nitrogen and oxygen atoms in total. The van der Waals surface area contributed by atoms with Gasteiger partial charge < -0.3 is 24.8 Å². The Morgan fingerprint density at radius 3 is 2.92 bits per heavy atom. The molecule has 0 spiro atoms. The number of carbonyl (C=O) groups excluding carboxylic acids is 2. The molecule has 2 rings (SSSR count). The highest BCUT2D eigenvalue weighted by Crippen LogP contribution is 2.19. The molecule has 8 heteroatoms. The number of carbonyl (C=O) groups is 2. The van der Waals surface area contributed by atoms with E-state index in [-0.39, 0.29) is 30.0 Å². The Hall–Kier alpha value is -2.19. The van der Waals surface area contributed by atoms with Gasteiger partial charge in [-0.25, -0.2) is 0 Å². The van der Waals surface area contributed by atoms with E-state index in [2.05, 4.69) is 10.6 Å². The number of hydrogen-bond donors (Lipinski definition) is 2. The fourth-order valence-electron chi connectivity index (χ4n) is 2.43. The van der Waals surface area contributed by atoms with Crippen molar-refractivity contribution in [2.24, 2.45) is 0 Å². The fraction of sp³-hybridized carbons (Fsp3) is 0.500. The van der Waals surface area contributed by atoms with Crippen LogP contribution in [0.25, 0.3) is 0 Å². The van der Waals surface area contributed by atoms with E-state index in [0.29, 0.717) is 24.7 Å². The minimum atomic E-state index is -0.405. The third-order valence-corrected chi connectivity index (χ3v) is 3.87. The van der Waals surface area contributed by atoms with Gasteiger partial charge in [-0.3, -0.25) is 9.59 Å². The van der Waals surface area contributed by atoms with Crippen molar-refractivity contribution in [3.8, 4) is 5.75 Å². The van der Waals surface area contributed by atoms with Crippen LogP contribution >= 0.6 is 12.2 Å². The van der Waals surface area contributed by atoms with Crippen LogP contribution in [0.3, 0.4) is 0 Å². The topological polar surface area (TPSA) is 85.9 Å². The molecular weight excluding hydrogens is 356 g/mol. The Labute approximate surface area is 158 Å². The molecule has 1 fully saturated rings. The van der Waals surface area contributed by atoms with Crippen LogP contribution in [0.4, 0.5) is 5.69 Å². The number of amides is 1. The smallest absolute Gasteiger partial charge is 0.306 e. The van der Waals surface area contributed by atoms with Crippen LogP contribution in [-0.4, -0.2) is 42.9 Å². The molecule has 26 heavy (non-hydrogen) atoms. The summed E-state index contributed by atoms with van der Waals surface area (Å²) in [6.07, 6.45) is 2.27. The number of esters is 1. The van der Waals surface area contributed by atoms with Gasteiger partial charge in [0.2, 0.25) is 5.91 Å². The maximum Gasteiger partial charge on any atom is 0.306 e. The normalized spacial score (nSPS) is 16.0. The van der Waals surface area contributed by atoms with E-state index in [1.807, 2.05) is 18.2 Å². The second-order valence-electron chi connectivity index (χ2n) is 5.78. The van der Waals surface area contributed by atoms with E-state index in [4.69, 9.17) is 26.4 Å². The lowest BCUT2D eigenvalue weighted by atomic mass is 10.2. The summed E-state index contributed by atoms with van der Waals surface area (Å²) in [5.41, 5.74) is 0.700. The number of nitrogens with one attached hydrogen (secondary N) is 2. The summed E-state index contributed by atoms with van der Waals surface area (Å²) >= 11 is 5.12. The van der Waals surface area contributed by atoms with Crippen molar-refractivity contribution >= 4 is 34.9 Å². The van der Waals surface area contributed by atoms with Crippen molar-refractivity contribution in [1.82, 2.24) is 5.32 Å². The lowest BCUT2D eigenvalue weighted by Gasteiger charge is -2.13. The number of ether oxygens (including phenoxy) is 3. The molecule has 1 aromatic carbocycles. The molecule has 0 bridgehead atoms. The molecule has 0 saturated carbocycles. The SMILES string of the molecule is CCOC(=O)CCC(=O)NC(=S)Nc1cccc(OCC2CCCO2)c1. The highest BCUT2D eigenvalue weighted by molar-refractivity contribution is 7.80. The molecule has 1 atom stereocenters.